The molecule has 0 saturated carbocycles. The van der Waals surface area contributed by atoms with Gasteiger partial charge in [-0.15, -0.1) is 10.2 Å². The molecule has 2 aliphatic heterocycles. The van der Waals surface area contributed by atoms with Crippen molar-refractivity contribution in [3.05, 3.63) is 42.0 Å². The first-order valence-corrected chi connectivity index (χ1v) is 14.2. The molecule has 5 heterocycles. The number of piperazine rings is 1. The molecule has 3 aromatic heterocycles. The molecule has 39 heavy (non-hydrogen) atoms. The van der Waals surface area contributed by atoms with Gasteiger partial charge in [0.15, 0.2) is 11.5 Å². The van der Waals surface area contributed by atoms with E-state index >= 15 is 0 Å². The maximum Gasteiger partial charge on any atom is 0.258 e. The highest BCUT2D eigenvalue weighted by atomic mass is 16.5. The quantitative estimate of drug-likeness (QED) is 0.349. The van der Waals surface area contributed by atoms with Crippen molar-refractivity contribution in [3.8, 4) is 5.75 Å². The number of benzene rings is 1. The summed E-state index contributed by atoms with van der Waals surface area (Å²) in [4.78, 5) is 15.2. The molecule has 10 heteroatoms. The largest absolute Gasteiger partial charge is 0.497 e. The summed E-state index contributed by atoms with van der Waals surface area (Å²) in [5.41, 5.74) is 3.22. The molecule has 0 N–H and O–H groups in total. The standard InChI is InChI=1S/C29H40N8O2/c1-18(2)26(22-9-11-23(38-6)12-10-22)34-14-20(4)35(15-19(34)3)27-25-28(37-17-30-33-29(37)32-27)36(21(5)31-25)16-24-8-7-13-39-24/h9-12,17-20,24,26H,7-8,13-16H2,1-6H3/t19-,20+,24+,26?/m1/s1. The third-order valence-electron chi connectivity index (χ3n) is 8.47. The minimum absolute atomic E-state index is 0.206. The topological polar surface area (TPSA) is 85.8 Å². The number of nitrogens with zero attached hydrogens (tertiary/aromatic N) is 8. The van der Waals surface area contributed by atoms with Gasteiger partial charge in [0.05, 0.1) is 19.8 Å². The Balaban J connectivity index is 1.35. The zero-order chi connectivity index (χ0) is 27.3. The Labute approximate surface area is 229 Å². The summed E-state index contributed by atoms with van der Waals surface area (Å²) in [6.07, 6.45) is 4.13. The van der Waals surface area contributed by atoms with E-state index in [9.17, 15) is 0 Å². The van der Waals surface area contributed by atoms with Crippen molar-refractivity contribution in [3.63, 3.8) is 0 Å². The summed E-state index contributed by atoms with van der Waals surface area (Å²) in [5, 5.41) is 8.55. The Morgan fingerprint density at radius 3 is 2.56 bits per heavy atom. The van der Waals surface area contributed by atoms with Crippen LogP contribution in [-0.2, 0) is 11.3 Å². The van der Waals surface area contributed by atoms with Crippen LogP contribution < -0.4 is 9.64 Å². The van der Waals surface area contributed by atoms with Crippen molar-refractivity contribution in [2.75, 3.05) is 31.7 Å². The number of aromatic nitrogens is 6. The first-order chi connectivity index (χ1) is 18.9. The summed E-state index contributed by atoms with van der Waals surface area (Å²) < 4.78 is 15.6. The molecule has 0 bridgehead atoms. The Morgan fingerprint density at radius 1 is 1.08 bits per heavy atom. The van der Waals surface area contributed by atoms with Gasteiger partial charge in [-0.2, -0.15) is 4.98 Å². The summed E-state index contributed by atoms with van der Waals surface area (Å²) in [6.45, 7) is 14.7. The highest BCUT2D eigenvalue weighted by Gasteiger charge is 2.37. The van der Waals surface area contributed by atoms with Crippen molar-refractivity contribution in [2.24, 2.45) is 5.92 Å². The van der Waals surface area contributed by atoms with Crippen molar-refractivity contribution >= 4 is 22.8 Å². The van der Waals surface area contributed by atoms with E-state index in [1.807, 2.05) is 4.40 Å². The van der Waals surface area contributed by atoms with Gasteiger partial charge in [0.1, 0.15) is 23.4 Å². The molecule has 2 saturated heterocycles. The average molecular weight is 533 g/mol. The van der Waals surface area contributed by atoms with Crippen molar-refractivity contribution in [1.29, 1.82) is 0 Å². The van der Waals surface area contributed by atoms with E-state index in [-0.39, 0.29) is 12.1 Å². The third-order valence-corrected chi connectivity index (χ3v) is 8.47. The minimum Gasteiger partial charge on any atom is -0.497 e. The Kier molecular flexibility index (Phi) is 6.93. The second kappa shape index (κ2) is 10.4. The lowest BCUT2D eigenvalue weighted by molar-refractivity contribution is 0.0821. The van der Waals surface area contributed by atoms with Crippen LogP contribution in [0.2, 0.25) is 0 Å². The summed E-state index contributed by atoms with van der Waals surface area (Å²) in [6, 6.07) is 9.43. The fraction of sp³-hybridized carbons (Fsp3) is 0.586. The second-order valence-corrected chi connectivity index (χ2v) is 11.5. The monoisotopic (exact) mass is 532 g/mol. The summed E-state index contributed by atoms with van der Waals surface area (Å²) in [7, 11) is 1.72. The van der Waals surface area contributed by atoms with Crippen LogP contribution >= 0.6 is 0 Å². The molecular weight excluding hydrogens is 492 g/mol. The average Bonchev–Trinajstić information content (AvgIpc) is 3.67. The molecule has 208 valence electrons. The predicted octanol–water partition coefficient (Wildman–Crippen LogP) is 4.27. The van der Waals surface area contributed by atoms with Crippen molar-refractivity contribution in [2.45, 2.75) is 78.2 Å². The molecule has 0 spiro atoms. The number of imidazole rings is 1. The van der Waals surface area contributed by atoms with Crippen LogP contribution in [0.15, 0.2) is 30.6 Å². The number of hydrogen-bond acceptors (Lipinski definition) is 8. The first-order valence-electron chi connectivity index (χ1n) is 14.2. The highest BCUT2D eigenvalue weighted by molar-refractivity contribution is 5.87. The summed E-state index contributed by atoms with van der Waals surface area (Å²) >= 11 is 0. The lowest BCUT2D eigenvalue weighted by Gasteiger charge is -2.49. The molecule has 4 atom stereocenters. The number of methoxy groups -OCH3 is 1. The number of fused-ring (bicyclic) bond motifs is 3. The lowest BCUT2D eigenvalue weighted by atomic mass is 9.91. The van der Waals surface area contributed by atoms with Crippen LogP contribution in [-0.4, -0.2) is 79.0 Å². The molecule has 1 aromatic carbocycles. The number of rotatable bonds is 7. The number of aryl methyl sites for hydroxylation is 1. The molecule has 10 nitrogen and oxygen atoms in total. The van der Waals surface area contributed by atoms with Crippen LogP contribution in [0.4, 0.5) is 5.82 Å². The zero-order valence-electron chi connectivity index (χ0n) is 23.9. The van der Waals surface area contributed by atoms with Gasteiger partial charge < -0.3 is 18.9 Å². The van der Waals surface area contributed by atoms with E-state index in [4.69, 9.17) is 19.4 Å². The SMILES string of the molecule is COc1ccc(C(C(C)C)N2C[C@H](C)N(c3nc4nncn4c4c3nc(C)n4C[C@@H]3CCCO3)C[C@H]2C)cc1. The molecule has 2 fully saturated rings. The zero-order valence-corrected chi connectivity index (χ0v) is 23.9. The van der Waals surface area contributed by atoms with E-state index in [1.165, 1.54) is 5.56 Å². The van der Waals surface area contributed by atoms with Crippen LogP contribution in [0.3, 0.4) is 0 Å². The van der Waals surface area contributed by atoms with Crippen LogP contribution in [0.5, 0.6) is 5.75 Å². The number of anilines is 1. The second-order valence-electron chi connectivity index (χ2n) is 11.5. The van der Waals surface area contributed by atoms with Gasteiger partial charge in [0.25, 0.3) is 5.78 Å². The van der Waals surface area contributed by atoms with Crippen LogP contribution in [0, 0.1) is 12.8 Å². The van der Waals surface area contributed by atoms with Gasteiger partial charge in [-0.05, 0) is 57.2 Å². The molecule has 0 amide bonds. The summed E-state index contributed by atoms with van der Waals surface area (Å²) in [5.74, 6) is 3.81. The fourth-order valence-corrected chi connectivity index (χ4v) is 6.56. The Bertz CT molecular complexity index is 1440. The van der Waals surface area contributed by atoms with E-state index in [0.29, 0.717) is 23.8 Å². The fourth-order valence-electron chi connectivity index (χ4n) is 6.56. The highest BCUT2D eigenvalue weighted by Crippen LogP contribution is 2.36. The Hall–Kier alpha value is -3.24. The molecule has 1 unspecified atom stereocenters. The maximum absolute atomic E-state index is 5.98. The van der Waals surface area contributed by atoms with Gasteiger partial charge in [-0.1, -0.05) is 26.0 Å². The van der Waals surface area contributed by atoms with Gasteiger partial charge in [0.2, 0.25) is 0 Å². The van der Waals surface area contributed by atoms with Gasteiger partial charge >= 0.3 is 0 Å². The molecule has 4 aromatic rings. The molecule has 0 aliphatic carbocycles. The third kappa shape index (κ3) is 4.63. The number of hydrogen-bond donors (Lipinski definition) is 0. The predicted molar refractivity (Wildman–Crippen MR) is 151 cm³/mol. The van der Waals surface area contributed by atoms with E-state index in [1.54, 1.807) is 13.4 Å². The van der Waals surface area contributed by atoms with Gasteiger partial charge in [0, 0.05) is 37.8 Å². The molecule has 6 rings (SSSR count). The van der Waals surface area contributed by atoms with E-state index in [2.05, 4.69) is 83.4 Å². The molecule has 0 radical (unpaired) electrons. The van der Waals surface area contributed by atoms with Crippen molar-refractivity contribution < 1.29 is 9.47 Å². The minimum atomic E-state index is 0.206. The number of ether oxygens (including phenoxy) is 2. The van der Waals surface area contributed by atoms with Crippen LogP contribution in [0.25, 0.3) is 16.9 Å². The smallest absolute Gasteiger partial charge is 0.258 e. The normalized spacial score (nSPS) is 23.4. The lowest BCUT2D eigenvalue weighted by Crippen LogP contribution is -2.58. The van der Waals surface area contributed by atoms with Gasteiger partial charge in [-0.3, -0.25) is 4.90 Å². The van der Waals surface area contributed by atoms with E-state index < -0.39 is 0 Å². The Morgan fingerprint density at radius 2 is 1.87 bits per heavy atom. The van der Waals surface area contributed by atoms with Crippen molar-refractivity contribution in [1.82, 2.24) is 34.0 Å². The maximum atomic E-state index is 5.98. The van der Waals surface area contributed by atoms with E-state index in [0.717, 1.165) is 67.6 Å². The van der Waals surface area contributed by atoms with Crippen LogP contribution in [0.1, 0.15) is 58.0 Å². The molecular formula is C29H40N8O2. The first kappa shape index (κ1) is 26.0. The molecule has 2 aliphatic rings. The van der Waals surface area contributed by atoms with Gasteiger partial charge in [-0.25, -0.2) is 9.38 Å².